The Morgan fingerprint density at radius 1 is 1.42 bits per heavy atom. The number of benzene rings is 1. The van der Waals surface area contributed by atoms with Crippen LogP contribution in [0.25, 0.3) is 0 Å². The molecule has 19 heavy (non-hydrogen) atoms. The van der Waals surface area contributed by atoms with E-state index >= 15 is 0 Å². The SMILES string of the molecule is CCC(O)C1CC(N)CN(c2ccc(F)cc2F)C1. The Balaban J connectivity index is 2.19. The molecule has 3 unspecified atom stereocenters. The van der Waals surface area contributed by atoms with Crippen molar-refractivity contribution >= 4 is 5.69 Å². The molecule has 0 bridgehead atoms. The fraction of sp³-hybridized carbons (Fsp3) is 0.571. The molecule has 0 aliphatic carbocycles. The first-order valence-electron chi connectivity index (χ1n) is 6.65. The molecule has 3 N–H and O–H groups in total. The molecule has 3 nitrogen and oxygen atoms in total. The Labute approximate surface area is 112 Å². The second-order valence-electron chi connectivity index (χ2n) is 5.23. The molecule has 1 aromatic rings. The lowest BCUT2D eigenvalue weighted by Crippen LogP contribution is -2.50. The van der Waals surface area contributed by atoms with E-state index in [1.54, 1.807) is 4.90 Å². The summed E-state index contributed by atoms with van der Waals surface area (Å²) in [6.45, 7) is 2.98. The molecular weight excluding hydrogens is 250 g/mol. The van der Waals surface area contributed by atoms with Crippen LogP contribution in [0.2, 0.25) is 0 Å². The van der Waals surface area contributed by atoms with Gasteiger partial charge in [0.05, 0.1) is 11.8 Å². The molecule has 2 rings (SSSR count). The van der Waals surface area contributed by atoms with Gasteiger partial charge in [0, 0.05) is 31.1 Å². The van der Waals surface area contributed by atoms with Crippen LogP contribution in [-0.4, -0.2) is 30.3 Å². The normalized spacial score (nSPS) is 25.4. The minimum absolute atomic E-state index is 0.0261. The average Bonchev–Trinajstić information content (AvgIpc) is 2.37. The lowest BCUT2D eigenvalue weighted by atomic mass is 9.88. The smallest absolute Gasteiger partial charge is 0.149 e. The van der Waals surface area contributed by atoms with Crippen LogP contribution in [-0.2, 0) is 0 Å². The number of halogens is 2. The van der Waals surface area contributed by atoms with Crippen molar-refractivity contribution in [2.45, 2.75) is 31.9 Å². The maximum Gasteiger partial charge on any atom is 0.149 e. The fourth-order valence-corrected chi connectivity index (χ4v) is 2.73. The highest BCUT2D eigenvalue weighted by Gasteiger charge is 2.30. The Hall–Kier alpha value is -1.20. The van der Waals surface area contributed by atoms with Gasteiger partial charge >= 0.3 is 0 Å². The van der Waals surface area contributed by atoms with Gasteiger partial charge < -0.3 is 15.7 Å². The number of anilines is 1. The van der Waals surface area contributed by atoms with Crippen LogP contribution in [0.15, 0.2) is 18.2 Å². The van der Waals surface area contributed by atoms with Crippen LogP contribution < -0.4 is 10.6 Å². The summed E-state index contributed by atoms with van der Waals surface area (Å²) in [5, 5.41) is 9.94. The number of nitrogens with two attached hydrogens (primary N) is 1. The summed E-state index contributed by atoms with van der Waals surface area (Å²) < 4.78 is 26.7. The Kier molecular flexibility index (Phi) is 4.37. The lowest BCUT2D eigenvalue weighted by Gasteiger charge is -2.39. The number of hydrogen-bond donors (Lipinski definition) is 2. The van der Waals surface area contributed by atoms with Crippen LogP contribution in [0.3, 0.4) is 0 Å². The molecule has 0 aromatic heterocycles. The Bertz CT molecular complexity index is 441. The molecule has 1 aliphatic heterocycles. The molecule has 1 fully saturated rings. The number of piperidine rings is 1. The molecule has 1 saturated heterocycles. The standard InChI is InChI=1S/C14H20F2N2O/c1-2-14(19)9-5-11(17)8-18(7-9)13-4-3-10(15)6-12(13)16/h3-4,6,9,11,14,19H,2,5,7-8,17H2,1H3. The van der Waals surface area contributed by atoms with Crippen molar-refractivity contribution in [1.29, 1.82) is 0 Å². The highest BCUT2D eigenvalue weighted by atomic mass is 19.1. The van der Waals surface area contributed by atoms with Crippen molar-refractivity contribution in [2.24, 2.45) is 11.7 Å². The monoisotopic (exact) mass is 270 g/mol. The van der Waals surface area contributed by atoms with Crippen molar-refractivity contribution in [3.63, 3.8) is 0 Å². The van der Waals surface area contributed by atoms with Crippen molar-refractivity contribution in [2.75, 3.05) is 18.0 Å². The van der Waals surface area contributed by atoms with E-state index in [1.807, 2.05) is 6.92 Å². The minimum atomic E-state index is -0.590. The maximum absolute atomic E-state index is 13.8. The van der Waals surface area contributed by atoms with Gasteiger partial charge in [-0.05, 0) is 25.0 Å². The molecule has 1 heterocycles. The van der Waals surface area contributed by atoms with E-state index in [4.69, 9.17) is 5.73 Å². The fourth-order valence-electron chi connectivity index (χ4n) is 2.73. The van der Waals surface area contributed by atoms with Crippen molar-refractivity contribution in [3.8, 4) is 0 Å². The van der Waals surface area contributed by atoms with E-state index < -0.39 is 17.7 Å². The third-order valence-corrected chi connectivity index (χ3v) is 3.73. The predicted octanol–water partition coefficient (Wildman–Crippen LogP) is 1.89. The molecule has 1 aromatic carbocycles. The summed E-state index contributed by atoms with van der Waals surface area (Å²) in [7, 11) is 0. The summed E-state index contributed by atoms with van der Waals surface area (Å²) in [5.74, 6) is -1.15. The van der Waals surface area contributed by atoms with Gasteiger partial charge in [-0.2, -0.15) is 0 Å². The summed E-state index contributed by atoms with van der Waals surface area (Å²) in [4.78, 5) is 1.80. The van der Waals surface area contributed by atoms with Crippen LogP contribution in [0.5, 0.6) is 0 Å². The molecule has 0 radical (unpaired) electrons. The van der Waals surface area contributed by atoms with Crippen molar-refractivity contribution in [1.82, 2.24) is 0 Å². The van der Waals surface area contributed by atoms with Gasteiger partial charge in [-0.1, -0.05) is 6.92 Å². The molecule has 5 heteroatoms. The van der Waals surface area contributed by atoms with Crippen molar-refractivity contribution < 1.29 is 13.9 Å². The second kappa shape index (κ2) is 5.84. The Morgan fingerprint density at radius 2 is 2.16 bits per heavy atom. The highest BCUT2D eigenvalue weighted by molar-refractivity contribution is 5.48. The highest BCUT2D eigenvalue weighted by Crippen LogP contribution is 2.27. The van der Waals surface area contributed by atoms with E-state index in [2.05, 4.69) is 0 Å². The largest absolute Gasteiger partial charge is 0.393 e. The van der Waals surface area contributed by atoms with Gasteiger partial charge in [0.1, 0.15) is 11.6 Å². The van der Waals surface area contributed by atoms with Gasteiger partial charge in [0.15, 0.2) is 0 Å². The number of hydrogen-bond acceptors (Lipinski definition) is 3. The number of aliphatic hydroxyl groups excluding tert-OH is 1. The zero-order valence-corrected chi connectivity index (χ0v) is 11.0. The molecule has 1 aliphatic rings. The van der Waals surface area contributed by atoms with Crippen LogP contribution >= 0.6 is 0 Å². The van der Waals surface area contributed by atoms with E-state index in [9.17, 15) is 13.9 Å². The quantitative estimate of drug-likeness (QED) is 0.882. The first-order chi connectivity index (χ1) is 9.01. The molecule has 3 atom stereocenters. The number of aliphatic hydroxyl groups is 1. The first-order valence-corrected chi connectivity index (χ1v) is 6.65. The van der Waals surface area contributed by atoms with E-state index in [0.717, 1.165) is 12.5 Å². The molecule has 106 valence electrons. The summed E-state index contributed by atoms with van der Waals surface area (Å²) in [6, 6.07) is 3.44. The number of nitrogens with zero attached hydrogens (tertiary/aromatic N) is 1. The van der Waals surface area contributed by atoms with Crippen molar-refractivity contribution in [3.05, 3.63) is 29.8 Å². The van der Waals surface area contributed by atoms with Crippen LogP contribution in [0.4, 0.5) is 14.5 Å². The zero-order valence-electron chi connectivity index (χ0n) is 11.0. The molecule has 0 amide bonds. The number of rotatable bonds is 3. The predicted molar refractivity (Wildman–Crippen MR) is 71.0 cm³/mol. The summed E-state index contributed by atoms with van der Waals surface area (Å²) >= 11 is 0. The average molecular weight is 270 g/mol. The first kappa shape index (κ1) is 14.2. The molecule has 0 saturated carbocycles. The zero-order chi connectivity index (χ0) is 14.0. The Morgan fingerprint density at radius 3 is 2.79 bits per heavy atom. The van der Waals surface area contributed by atoms with E-state index in [-0.39, 0.29) is 12.0 Å². The van der Waals surface area contributed by atoms with E-state index in [0.29, 0.717) is 25.2 Å². The van der Waals surface area contributed by atoms with Gasteiger partial charge in [-0.15, -0.1) is 0 Å². The maximum atomic E-state index is 13.8. The minimum Gasteiger partial charge on any atom is -0.393 e. The third kappa shape index (κ3) is 3.22. The van der Waals surface area contributed by atoms with Crippen LogP contribution in [0, 0.1) is 17.6 Å². The van der Waals surface area contributed by atoms with Gasteiger partial charge in [0.2, 0.25) is 0 Å². The topological polar surface area (TPSA) is 49.5 Å². The summed E-state index contributed by atoms with van der Waals surface area (Å²) in [5.41, 5.74) is 6.33. The van der Waals surface area contributed by atoms with Gasteiger partial charge in [-0.3, -0.25) is 0 Å². The second-order valence-corrected chi connectivity index (χ2v) is 5.23. The lowest BCUT2D eigenvalue weighted by molar-refractivity contribution is 0.0900. The van der Waals surface area contributed by atoms with E-state index in [1.165, 1.54) is 12.1 Å². The third-order valence-electron chi connectivity index (χ3n) is 3.73. The molecule has 0 spiro atoms. The van der Waals surface area contributed by atoms with Gasteiger partial charge in [-0.25, -0.2) is 8.78 Å². The van der Waals surface area contributed by atoms with Crippen LogP contribution in [0.1, 0.15) is 19.8 Å². The molecular formula is C14H20F2N2O. The van der Waals surface area contributed by atoms with Gasteiger partial charge in [0.25, 0.3) is 0 Å². The summed E-state index contributed by atoms with van der Waals surface area (Å²) in [6.07, 6.45) is 0.947.